The quantitative estimate of drug-likeness (QED) is 0.743. The molecule has 1 unspecified atom stereocenters. The second kappa shape index (κ2) is 8.57. The van der Waals surface area contributed by atoms with Crippen molar-refractivity contribution in [2.45, 2.75) is 13.0 Å². The Morgan fingerprint density at radius 1 is 1.19 bits per heavy atom. The first-order valence-corrected chi connectivity index (χ1v) is 9.85. The second-order valence-electron chi connectivity index (χ2n) is 6.15. The monoisotopic (exact) mass is 456 g/mol. The molecule has 0 radical (unpaired) electrons. The Bertz CT molecular complexity index is 779. The SMILES string of the molecule is CC(C(=O)Nc1cc(Cl)ccc1Cl)N1CCN(c2ccc(Br)cn2)CC1. The largest absolute Gasteiger partial charge is 0.354 e. The van der Waals surface area contributed by atoms with Crippen molar-refractivity contribution in [1.29, 1.82) is 0 Å². The fourth-order valence-corrected chi connectivity index (χ4v) is 3.46. The van der Waals surface area contributed by atoms with Crippen LogP contribution in [0.5, 0.6) is 0 Å². The van der Waals surface area contributed by atoms with Crippen molar-refractivity contribution in [3.05, 3.63) is 51.0 Å². The number of anilines is 2. The number of nitrogens with one attached hydrogen (secondary N) is 1. The third-order valence-corrected chi connectivity index (χ3v) is 5.50. The summed E-state index contributed by atoms with van der Waals surface area (Å²) >= 11 is 15.5. The number of pyridine rings is 1. The van der Waals surface area contributed by atoms with Gasteiger partial charge in [-0.05, 0) is 53.2 Å². The number of rotatable bonds is 4. The first-order valence-electron chi connectivity index (χ1n) is 8.30. The minimum absolute atomic E-state index is 0.0932. The highest BCUT2D eigenvalue weighted by Crippen LogP contribution is 2.26. The van der Waals surface area contributed by atoms with Gasteiger partial charge in [-0.15, -0.1) is 0 Å². The van der Waals surface area contributed by atoms with Crippen LogP contribution in [0, 0.1) is 0 Å². The number of carbonyl (C=O) groups excluding carboxylic acids is 1. The Morgan fingerprint density at radius 3 is 2.58 bits per heavy atom. The molecule has 0 saturated carbocycles. The van der Waals surface area contributed by atoms with E-state index in [1.54, 1.807) is 24.4 Å². The van der Waals surface area contributed by atoms with Crippen molar-refractivity contribution >= 4 is 56.5 Å². The zero-order chi connectivity index (χ0) is 18.7. The Labute approximate surface area is 171 Å². The maximum atomic E-state index is 12.6. The molecule has 1 amide bonds. The maximum absolute atomic E-state index is 12.6. The van der Waals surface area contributed by atoms with Gasteiger partial charge in [0.1, 0.15) is 5.82 Å². The van der Waals surface area contributed by atoms with Crippen LogP contribution >= 0.6 is 39.1 Å². The van der Waals surface area contributed by atoms with Crippen molar-refractivity contribution in [2.24, 2.45) is 0 Å². The lowest BCUT2D eigenvalue weighted by atomic mass is 10.2. The number of benzene rings is 1. The van der Waals surface area contributed by atoms with E-state index in [0.717, 1.165) is 36.5 Å². The fourth-order valence-electron chi connectivity index (χ4n) is 2.89. The van der Waals surface area contributed by atoms with Gasteiger partial charge in [-0.2, -0.15) is 0 Å². The highest BCUT2D eigenvalue weighted by molar-refractivity contribution is 9.10. The molecule has 0 aliphatic carbocycles. The molecule has 1 atom stereocenters. The topological polar surface area (TPSA) is 48.5 Å². The highest BCUT2D eigenvalue weighted by atomic mass is 79.9. The lowest BCUT2D eigenvalue weighted by Gasteiger charge is -2.38. The van der Waals surface area contributed by atoms with Gasteiger partial charge in [-0.25, -0.2) is 4.98 Å². The van der Waals surface area contributed by atoms with Crippen LogP contribution in [0.25, 0.3) is 0 Å². The van der Waals surface area contributed by atoms with Gasteiger partial charge in [0.15, 0.2) is 0 Å². The van der Waals surface area contributed by atoms with E-state index in [4.69, 9.17) is 23.2 Å². The average Bonchev–Trinajstić information content (AvgIpc) is 2.65. The van der Waals surface area contributed by atoms with E-state index < -0.39 is 0 Å². The zero-order valence-electron chi connectivity index (χ0n) is 14.3. The van der Waals surface area contributed by atoms with Crippen LogP contribution in [0.15, 0.2) is 41.0 Å². The minimum atomic E-state index is -0.259. The number of amides is 1. The lowest BCUT2D eigenvalue weighted by Crippen LogP contribution is -2.53. The van der Waals surface area contributed by atoms with Crippen molar-refractivity contribution in [2.75, 3.05) is 36.4 Å². The lowest BCUT2D eigenvalue weighted by molar-refractivity contribution is -0.120. The van der Waals surface area contributed by atoms with Crippen molar-refractivity contribution in [1.82, 2.24) is 9.88 Å². The van der Waals surface area contributed by atoms with Crippen LogP contribution in [0.4, 0.5) is 11.5 Å². The zero-order valence-corrected chi connectivity index (χ0v) is 17.4. The molecule has 0 spiro atoms. The molecule has 26 heavy (non-hydrogen) atoms. The number of halogens is 3. The molecule has 2 heterocycles. The van der Waals surface area contributed by atoms with Gasteiger partial charge in [0.25, 0.3) is 0 Å². The number of nitrogens with zero attached hydrogens (tertiary/aromatic N) is 3. The Hall–Kier alpha value is -1.34. The summed E-state index contributed by atoms with van der Waals surface area (Å²) in [6, 6.07) is 8.75. The molecule has 1 fully saturated rings. The molecule has 138 valence electrons. The predicted molar refractivity (Wildman–Crippen MR) is 110 cm³/mol. The average molecular weight is 458 g/mol. The van der Waals surface area contributed by atoms with E-state index in [1.807, 2.05) is 19.1 Å². The summed E-state index contributed by atoms with van der Waals surface area (Å²) in [5.41, 5.74) is 0.536. The molecule has 1 N–H and O–H groups in total. The molecule has 8 heteroatoms. The van der Waals surface area contributed by atoms with Gasteiger partial charge in [-0.3, -0.25) is 9.69 Å². The van der Waals surface area contributed by atoms with Crippen LogP contribution in [0.2, 0.25) is 10.0 Å². The Balaban J connectivity index is 1.57. The summed E-state index contributed by atoms with van der Waals surface area (Å²) in [4.78, 5) is 21.4. The molecule has 1 aliphatic rings. The van der Waals surface area contributed by atoms with Crippen molar-refractivity contribution < 1.29 is 4.79 Å². The Morgan fingerprint density at radius 2 is 1.92 bits per heavy atom. The summed E-state index contributed by atoms with van der Waals surface area (Å²) in [6.45, 7) is 5.13. The van der Waals surface area contributed by atoms with E-state index in [2.05, 4.69) is 36.0 Å². The van der Waals surface area contributed by atoms with Gasteiger partial charge >= 0.3 is 0 Å². The molecule has 1 aliphatic heterocycles. The second-order valence-corrected chi connectivity index (χ2v) is 7.91. The van der Waals surface area contributed by atoms with Crippen LogP contribution in [0.1, 0.15) is 6.92 Å². The first-order chi connectivity index (χ1) is 12.4. The smallest absolute Gasteiger partial charge is 0.241 e. The van der Waals surface area contributed by atoms with E-state index in [1.165, 1.54) is 0 Å². The summed E-state index contributed by atoms with van der Waals surface area (Å²) in [5, 5.41) is 3.88. The normalized spacial score (nSPS) is 16.4. The van der Waals surface area contributed by atoms with Gasteiger partial charge < -0.3 is 10.2 Å². The molecule has 1 aromatic heterocycles. The van der Waals surface area contributed by atoms with Gasteiger partial charge in [0.2, 0.25) is 5.91 Å². The molecule has 1 saturated heterocycles. The van der Waals surface area contributed by atoms with Crippen LogP contribution < -0.4 is 10.2 Å². The minimum Gasteiger partial charge on any atom is -0.354 e. The van der Waals surface area contributed by atoms with Gasteiger partial charge in [0, 0.05) is 41.9 Å². The molecular formula is C18H19BrCl2N4O. The van der Waals surface area contributed by atoms with Crippen LogP contribution in [0.3, 0.4) is 0 Å². The highest BCUT2D eigenvalue weighted by Gasteiger charge is 2.26. The first kappa shape index (κ1) is 19.4. The predicted octanol–water partition coefficient (Wildman–Crippen LogP) is 4.30. The molecular weight excluding hydrogens is 439 g/mol. The Kier molecular flexibility index (Phi) is 6.40. The number of aromatic nitrogens is 1. The van der Waals surface area contributed by atoms with E-state index in [0.29, 0.717) is 15.7 Å². The van der Waals surface area contributed by atoms with Gasteiger partial charge in [-0.1, -0.05) is 23.2 Å². The fraction of sp³-hybridized carbons (Fsp3) is 0.333. The van der Waals surface area contributed by atoms with E-state index in [-0.39, 0.29) is 11.9 Å². The number of hydrogen-bond donors (Lipinski definition) is 1. The molecule has 1 aromatic carbocycles. The summed E-state index contributed by atoms with van der Waals surface area (Å²) in [6.07, 6.45) is 1.80. The molecule has 5 nitrogen and oxygen atoms in total. The third-order valence-electron chi connectivity index (χ3n) is 4.46. The molecule has 0 bridgehead atoms. The van der Waals surface area contributed by atoms with E-state index in [9.17, 15) is 4.79 Å². The summed E-state index contributed by atoms with van der Waals surface area (Å²) in [7, 11) is 0. The van der Waals surface area contributed by atoms with Crippen LogP contribution in [-0.4, -0.2) is 48.0 Å². The van der Waals surface area contributed by atoms with E-state index >= 15 is 0 Å². The molecule has 2 aromatic rings. The third kappa shape index (κ3) is 4.68. The summed E-state index contributed by atoms with van der Waals surface area (Å²) < 4.78 is 0.963. The number of carbonyl (C=O) groups is 1. The van der Waals surface area contributed by atoms with Gasteiger partial charge in [0.05, 0.1) is 16.8 Å². The van der Waals surface area contributed by atoms with Crippen molar-refractivity contribution in [3.63, 3.8) is 0 Å². The molecule has 3 rings (SSSR count). The summed E-state index contributed by atoms with van der Waals surface area (Å²) in [5.74, 6) is 0.861. The maximum Gasteiger partial charge on any atom is 0.241 e. The number of piperazine rings is 1. The van der Waals surface area contributed by atoms with Crippen LogP contribution in [-0.2, 0) is 4.79 Å². The number of hydrogen-bond acceptors (Lipinski definition) is 4. The van der Waals surface area contributed by atoms with Crippen molar-refractivity contribution in [3.8, 4) is 0 Å². The standard InChI is InChI=1S/C18H19BrCl2N4O/c1-12(18(26)23-16-10-14(20)3-4-15(16)21)24-6-8-25(9-7-24)17-5-2-13(19)11-22-17/h2-5,10-12H,6-9H2,1H3,(H,23,26).